The van der Waals surface area contributed by atoms with Crippen molar-refractivity contribution in [1.82, 2.24) is 10.3 Å². The van der Waals surface area contributed by atoms with E-state index in [1.807, 2.05) is 76.2 Å². The molecule has 0 radical (unpaired) electrons. The molecule has 2 aromatic carbocycles. The smallest absolute Gasteiger partial charge is 0.244 e. The van der Waals surface area contributed by atoms with Crippen LogP contribution in [-0.4, -0.2) is 24.1 Å². The van der Waals surface area contributed by atoms with Crippen LogP contribution in [0, 0.1) is 6.92 Å². The van der Waals surface area contributed by atoms with Crippen LogP contribution in [0.25, 0.3) is 27.7 Å². The van der Waals surface area contributed by atoms with Gasteiger partial charge in [0, 0.05) is 34.3 Å². The Morgan fingerprint density at radius 2 is 1.86 bits per heavy atom. The first-order valence-electron chi connectivity index (χ1n) is 11.8. The van der Waals surface area contributed by atoms with Crippen molar-refractivity contribution in [2.24, 2.45) is 0 Å². The Morgan fingerprint density at radius 3 is 2.54 bits per heavy atom. The van der Waals surface area contributed by atoms with Gasteiger partial charge in [0.25, 0.3) is 0 Å². The van der Waals surface area contributed by atoms with Crippen molar-refractivity contribution in [2.75, 3.05) is 13.2 Å². The second-order valence-corrected chi connectivity index (χ2v) is 8.16. The number of fused-ring (bicyclic) bond motifs is 1. The summed E-state index contributed by atoms with van der Waals surface area (Å²) in [4.78, 5) is 16.9. The highest BCUT2D eigenvalue weighted by molar-refractivity contribution is 6.01. The molecule has 35 heavy (non-hydrogen) atoms. The number of aryl methyl sites for hydroxylation is 1. The number of furan rings is 1. The lowest BCUT2D eigenvalue weighted by Gasteiger charge is -2.15. The van der Waals surface area contributed by atoms with E-state index in [-0.39, 0.29) is 5.91 Å². The van der Waals surface area contributed by atoms with Crippen LogP contribution in [0.5, 0.6) is 11.5 Å². The Labute approximate surface area is 205 Å². The molecule has 6 nitrogen and oxygen atoms in total. The summed E-state index contributed by atoms with van der Waals surface area (Å²) >= 11 is 0. The SMILES string of the molecule is CCOc1ccc(-c2coc3c(C)c(OCC)c(/C(C)=C/C(=O)NCc4ccccn4)cc23)cc1. The highest BCUT2D eigenvalue weighted by Gasteiger charge is 2.19. The molecule has 0 aliphatic rings. The number of carbonyl (C=O) groups is 1. The summed E-state index contributed by atoms with van der Waals surface area (Å²) in [6.07, 6.45) is 5.08. The summed E-state index contributed by atoms with van der Waals surface area (Å²) in [7, 11) is 0. The number of nitrogens with one attached hydrogen (secondary N) is 1. The molecule has 0 spiro atoms. The first-order chi connectivity index (χ1) is 17.0. The number of benzene rings is 2. The van der Waals surface area contributed by atoms with E-state index >= 15 is 0 Å². The van der Waals surface area contributed by atoms with E-state index in [1.54, 1.807) is 18.5 Å². The molecule has 0 aliphatic heterocycles. The fourth-order valence-corrected chi connectivity index (χ4v) is 4.07. The van der Waals surface area contributed by atoms with Crippen molar-refractivity contribution in [3.63, 3.8) is 0 Å². The normalized spacial score (nSPS) is 11.5. The summed E-state index contributed by atoms with van der Waals surface area (Å²) in [6.45, 7) is 9.30. The number of carbonyl (C=O) groups excluding carboxylic acids is 1. The maximum absolute atomic E-state index is 12.7. The van der Waals surface area contributed by atoms with Gasteiger partial charge in [-0.3, -0.25) is 9.78 Å². The van der Waals surface area contributed by atoms with Crippen LogP contribution in [-0.2, 0) is 11.3 Å². The highest BCUT2D eigenvalue weighted by Crippen LogP contribution is 2.41. The van der Waals surface area contributed by atoms with Gasteiger partial charge in [-0.25, -0.2) is 0 Å². The Hall–Kier alpha value is -4.06. The molecule has 180 valence electrons. The molecule has 2 aromatic heterocycles. The summed E-state index contributed by atoms with van der Waals surface area (Å²) < 4.78 is 17.6. The molecule has 0 unspecified atom stereocenters. The van der Waals surface area contributed by atoms with Gasteiger partial charge in [0.05, 0.1) is 31.7 Å². The lowest BCUT2D eigenvalue weighted by Crippen LogP contribution is -2.21. The molecule has 2 heterocycles. The average molecular weight is 471 g/mol. The first-order valence-corrected chi connectivity index (χ1v) is 11.8. The second kappa shape index (κ2) is 10.9. The minimum absolute atomic E-state index is 0.188. The van der Waals surface area contributed by atoms with E-state index in [9.17, 15) is 4.79 Å². The minimum atomic E-state index is -0.188. The van der Waals surface area contributed by atoms with Gasteiger partial charge in [-0.05, 0) is 69.2 Å². The Morgan fingerprint density at radius 1 is 1.09 bits per heavy atom. The van der Waals surface area contributed by atoms with Crippen molar-refractivity contribution >= 4 is 22.4 Å². The molecule has 4 aromatic rings. The van der Waals surface area contributed by atoms with Crippen molar-refractivity contribution in [2.45, 2.75) is 34.2 Å². The Bertz CT molecular complexity index is 1340. The van der Waals surface area contributed by atoms with Crippen LogP contribution in [0.4, 0.5) is 0 Å². The van der Waals surface area contributed by atoms with E-state index < -0.39 is 0 Å². The van der Waals surface area contributed by atoms with Gasteiger partial charge in [0.15, 0.2) is 0 Å². The van der Waals surface area contributed by atoms with E-state index in [1.165, 1.54) is 0 Å². The minimum Gasteiger partial charge on any atom is -0.494 e. The van der Waals surface area contributed by atoms with Gasteiger partial charge in [-0.1, -0.05) is 18.2 Å². The quantitative estimate of drug-likeness (QED) is 0.290. The van der Waals surface area contributed by atoms with Crippen LogP contribution in [0.3, 0.4) is 0 Å². The molecular formula is C29H30N2O4. The number of aromatic nitrogens is 1. The maximum atomic E-state index is 12.7. The Balaban J connectivity index is 1.70. The lowest BCUT2D eigenvalue weighted by molar-refractivity contribution is -0.116. The summed E-state index contributed by atoms with van der Waals surface area (Å²) in [5, 5.41) is 3.87. The molecule has 0 fully saturated rings. The summed E-state index contributed by atoms with van der Waals surface area (Å²) in [5.41, 5.74) is 6.14. The van der Waals surface area contributed by atoms with Gasteiger partial charge >= 0.3 is 0 Å². The molecular weight excluding hydrogens is 440 g/mol. The number of nitrogens with zero attached hydrogens (tertiary/aromatic N) is 1. The third-order valence-corrected chi connectivity index (χ3v) is 5.75. The molecule has 1 N–H and O–H groups in total. The number of ether oxygens (including phenoxy) is 2. The van der Waals surface area contributed by atoms with Crippen LogP contribution >= 0.6 is 0 Å². The predicted molar refractivity (Wildman–Crippen MR) is 138 cm³/mol. The molecule has 6 heteroatoms. The monoisotopic (exact) mass is 470 g/mol. The number of allylic oxidation sites excluding steroid dienone is 1. The number of rotatable bonds is 9. The molecule has 0 atom stereocenters. The molecule has 0 saturated heterocycles. The van der Waals surface area contributed by atoms with Crippen molar-refractivity contribution in [3.8, 4) is 22.6 Å². The van der Waals surface area contributed by atoms with Crippen molar-refractivity contribution in [3.05, 3.63) is 83.9 Å². The zero-order valence-corrected chi connectivity index (χ0v) is 20.6. The Kier molecular flexibility index (Phi) is 7.51. The van der Waals surface area contributed by atoms with Crippen LogP contribution < -0.4 is 14.8 Å². The van der Waals surface area contributed by atoms with Crippen LogP contribution in [0.15, 0.2) is 71.5 Å². The third kappa shape index (κ3) is 5.38. The van der Waals surface area contributed by atoms with E-state index in [0.717, 1.165) is 56.0 Å². The van der Waals surface area contributed by atoms with Gasteiger partial charge in [-0.15, -0.1) is 0 Å². The summed E-state index contributed by atoms with van der Waals surface area (Å²) in [5.74, 6) is 1.36. The van der Waals surface area contributed by atoms with Gasteiger partial charge in [-0.2, -0.15) is 0 Å². The highest BCUT2D eigenvalue weighted by atomic mass is 16.5. The van der Waals surface area contributed by atoms with Crippen molar-refractivity contribution < 1.29 is 18.7 Å². The standard InChI is InChI=1S/C29H30N2O4/c1-5-33-23-12-10-21(11-13-23)26-18-35-29-20(4)28(34-6-2)24(16-25(26)29)19(3)15-27(32)31-17-22-9-7-8-14-30-22/h7-16,18H,5-6,17H2,1-4H3,(H,31,32)/b19-15+. The van der Waals surface area contributed by atoms with Crippen molar-refractivity contribution in [1.29, 1.82) is 0 Å². The van der Waals surface area contributed by atoms with Gasteiger partial charge in [0.1, 0.15) is 17.1 Å². The predicted octanol–water partition coefficient (Wildman–Crippen LogP) is 6.32. The van der Waals surface area contributed by atoms with Crippen LogP contribution in [0.1, 0.15) is 37.6 Å². The molecule has 0 aliphatic carbocycles. The van der Waals surface area contributed by atoms with Gasteiger partial charge in [0.2, 0.25) is 5.91 Å². The average Bonchev–Trinajstić information content (AvgIpc) is 3.30. The zero-order valence-electron chi connectivity index (χ0n) is 20.6. The third-order valence-electron chi connectivity index (χ3n) is 5.75. The molecule has 1 amide bonds. The second-order valence-electron chi connectivity index (χ2n) is 8.16. The first kappa shape index (κ1) is 24.1. The topological polar surface area (TPSA) is 73.6 Å². The maximum Gasteiger partial charge on any atom is 0.244 e. The molecule has 0 saturated carbocycles. The largest absolute Gasteiger partial charge is 0.494 e. The fraction of sp³-hybridized carbons (Fsp3) is 0.241. The van der Waals surface area contributed by atoms with E-state index in [4.69, 9.17) is 13.9 Å². The number of hydrogen-bond acceptors (Lipinski definition) is 5. The number of hydrogen-bond donors (Lipinski definition) is 1. The van der Waals surface area contributed by atoms with E-state index in [2.05, 4.69) is 10.3 Å². The van der Waals surface area contributed by atoms with Crippen LogP contribution in [0.2, 0.25) is 0 Å². The lowest BCUT2D eigenvalue weighted by atomic mass is 9.96. The number of amides is 1. The fourth-order valence-electron chi connectivity index (χ4n) is 4.07. The number of pyridine rings is 1. The van der Waals surface area contributed by atoms with E-state index in [0.29, 0.717) is 19.8 Å². The molecule has 0 bridgehead atoms. The summed E-state index contributed by atoms with van der Waals surface area (Å²) in [6, 6.07) is 15.6. The van der Waals surface area contributed by atoms with Gasteiger partial charge < -0.3 is 19.2 Å². The molecule has 4 rings (SSSR count). The zero-order chi connectivity index (χ0) is 24.8.